The third kappa shape index (κ3) is 2.06. The van der Waals surface area contributed by atoms with Crippen molar-refractivity contribution in [2.75, 3.05) is 11.1 Å². The molecule has 0 saturated heterocycles. The van der Waals surface area contributed by atoms with Crippen molar-refractivity contribution in [1.29, 1.82) is 0 Å². The van der Waals surface area contributed by atoms with Crippen molar-refractivity contribution < 1.29 is 4.79 Å². The number of amides is 1. The van der Waals surface area contributed by atoms with Crippen LogP contribution in [0.2, 0.25) is 0 Å². The van der Waals surface area contributed by atoms with Gasteiger partial charge in [-0.3, -0.25) is 9.48 Å². The van der Waals surface area contributed by atoms with Crippen LogP contribution in [0.3, 0.4) is 0 Å². The van der Waals surface area contributed by atoms with Crippen LogP contribution in [0.5, 0.6) is 0 Å². The minimum absolute atomic E-state index is 0.253. The lowest BCUT2D eigenvalue weighted by molar-refractivity contribution is 0.102. The molecule has 8 heteroatoms. The fraction of sp³-hybridized carbons (Fsp3) is 0.400. The van der Waals surface area contributed by atoms with Gasteiger partial charge in [0.2, 0.25) is 0 Å². The predicted molar refractivity (Wildman–Crippen MR) is 69.6 cm³/mol. The summed E-state index contributed by atoms with van der Waals surface area (Å²) in [7, 11) is 1.73. The average molecular weight is 266 g/mol. The Balaban J connectivity index is 2.27. The molecular formula is C10H14N6OS. The summed E-state index contributed by atoms with van der Waals surface area (Å²) < 4.78 is 5.33. The van der Waals surface area contributed by atoms with Gasteiger partial charge in [0.05, 0.1) is 17.1 Å². The van der Waals surface area contributed by atoms with E-state index < -0.39 is 0 Å². The van der Waals surface area contributed by atoms with Crippen molar-refractivity contribution in [3.05, 3.63) is 16.3 Å². The number of carbonyl (C=O) groups is 1. The maximum Gasteiger partial charge on any atom is 0.270 e. The number of aromatic nitrogens is 4. The van der Waals surface area contributed by atoms with E-state index in [4.69, 9.17) is 5.73 Å². The van der Waals surface area contributed by atoms with Crippen LogP contribution >= 0.6 is 11.5 Å². The minimum Gasteiger partial charge on any atom is -0.394 e. The van der Waals surface area contributed by atoms with E-state index in [0.717, 1.165) is 11.5 Å². The largest absolute Gasteiger partial charge is 0.394 e. The van der Waals surface area contributed by atoms with Gasteiger partial charge in [-0.25, -0.2) is 0 Å². The lowest BCUT2D eigenvalue weighted by atomic mass is 10.3. The third-order valence-electron chi connectivity index (χ3n) is 2.60. The van der Waals surface area contributed by atoms with Crippen molar-refractivity contribution in [3.8, 4) is 0 Å². The first-order valence-electron chi connectivity index (χ1n) is 5.46. The number of hydrogen-bond acceptors (Lipinski definition) is 6. The highest BCUT2D eigenvalue weighted by molar-refractivity contribution is 7.08. The lowest BCUT2D eigenvalue weighted by Gasteiger charge is -2.05. The molecule has 2 rings (SSSR count). The van der Waals surface area contributed by atoms with Crippen molar-refractivity contribution >= 4 is 28.9 Å². The number of nitrogens with zero attached hydrogens (tertiary/aromatic N) is 4. The zero-order chi connectivity index (χ0) is 13.3. The van der Waals surface area contributed by atoms with Gasteiger partial charge in [-0.15, -0.1) is 5.10 Å². The number of carbonyl (C=O) groups excluding carboxylic acids is 1. The molecule has 0 bridgehead atoms. The van der Waals surface area contributed by atoms with E-state index in [-0.39, 0.29) is 5.91 Å². The van der Waals surface area contributed by atoms with Gasteiger partial charge in [-0.05, 0) is 24.9 Å². The minimum atomic E-state index is -0.253. The molecule has 0 radical (unpaired) electrons. The van der Waals surface area contributed by atoms with Gasteiger partial charge in [0, 0.05) is 7.05 Å². The van der Waals surface area contributed by atoms with Crippen LogP contribution in [0, 0.1) is 6.92 Å². The van der Waals surface area contributed by atoms with Gasteiger partial charge < -0.3 is 11.1 Å². The molecule has 18 heavy (non-hydrogen) atoms. The molecule has 0 unspecified atom stereocenters. The molecule has 1 amide bonds. The van der Waals surface area contributed by atoms with Crippen LogP contribution in [0.4, 0.5) is 11.5 Å². The van der Waals surface area contributed by atoms with Gasteiger partial charge in [0.1, 0.15) is 4.88 Å². The predicted octanol–water partition coefficient (Wildman–Crippen LogP) is 0.977. The maximum atomic E-state index is 12.1. The molecule has 0 spiro atoms. The SMILES string of the molecule is CCc1nnsc1C(=O)Nc1c(N)c(C)nn1C. The van der Waals surface area contributed by atoms with Gasteiger partial charge in [-0.2, -0.15) is 5.10 Å². The second-order valence-electron chi connectivity index (χ2n) is 3.83. The van der Waals surface area contributed by atoms with Gasteiger partial charge >= 0.3 is 0 Å². The molecule has 2 heterocycles. The van der Waals surface area contributed by atoms with Crippen LogP contribution in [0.25, 0.3) is 0 Å². The molecule has 7 nitrogen and oxygen atoms in total. The number of hydrogen-bond donors (Lipinski definition) is 2. The molecule has 2 aromatic rings. The maximum absolute atomic E-state index is 12.1. The summed E-state index contributed by atoms with van der Waals surface area (Å²) in [6, 6.07) is 0. The van der Waals surface area contributed by atoms with E-state index in [9.17, 15) is 4.79 Å². The Morgan fingerprint density at radius 3 is 2.83 bits per heavy atom. The average Bonchev–Trinajstić information content (AvgIpc) is 2.90. The van der Waals surface area contributed by atoms with Crippen LogP contribution < -0.4 is 11.1 Å². The summed E-state index contributed by atoms with van der Waals surface area (Å²) >= 11 is 1.08. The Morgan fingerprint density at radius 2 is 2.28 bits per heavy atom. The fourth-order valence-corrected chi connectivity index (χ4v) is 2.24. The van der Waals surface area contributed by atoms with Gasteiger partial charge in [0.25, 0.3) is 5.91 Å². The highest BCUT2D eigenvalue weighted by Gasteiger charge is 2.18. The topological polar surface area (TPSA) is 98.7 Å². The summed E-state index contributed by atoms with van der Waals surface area (Å²) in [4.78, 5) is 12.6. The molecule has 0 aliphatic heterocycles. The Morgan fingerprint density at radius 1 is 1.56 bits per heavy atom. The van der Waals surface area contributed by atoms with Crippen molar-refractivity contribution in [1.82, 2.24) is 19.4 Å². The smallest absolute Gasteiger partial charge is 0.270 e. The Hall–Kier alpha value is -1.96. The molecule has 96 valence electrons. The summed E-state index contributed by atoms with van der Waals surface area (Å²) in [6.07, 6.45) is 0.666. The van der Waals surface area contributed by atoms with Gasteiger partial charge in [-0.1, -0.05) is 11.4 Å². The van der Waals surface area contributed by atoms with Gasteiger partial charge in [0.15, 0.2) is 5.82 Å². The summed E-state index contributed by atoms with van der Waals surface area (Å²) in [5.41, 5.74) is 7.70. The van der Waals surface area contributed by atoms with E-state index in [1.54, 1.807) is 18.7 Å². The van der Waals surface area contributed by atoms with Crippen LogP contribution in [-0.2, 0) is 13.5 Å². The second kappa shape index (κ2) is 4.73. The number of nitrogens with one attached hydrogen (secondary N) is 1. The highest BCUT2D eigenvalue weighted by atomic mass is 32.1. The van der Waals surface area contributed by atoms with E-state index in [2.05, 4.69) is 20.0 Å². The molecule has 0 aromatic carbocycles. The Labute approximate surface area is 108 Å². The number of aryl methyl sites for hydroxylation is 3. The lowest BCUT2D eigenvalue weighted by Crippen LogP contribution is -2.15. The standard InChI is InChI=1S/C10H14N6OS/c1-4-6-8(18-15-13-6)10(17)12-9-7(11)5(2)14-16(9)3/h4,11H2,1-3H3,(H,12,17). The number of nitrogens with two attached hydrogens (primary N) is 1. The molecule has 0 aliphatic carbocycles. The van der Waals surface area contributed by atoms with E-state index >= 15 is 0 Å². The molecule has 3 N–H and O–H groups in total. The first kappa shape index (κ1) is 12.5. The number of nitrogen functional groups attached to an aromatic ring is 1. The van der Waals surface area contributed by atoms with E-state index in [1.165, 1.54) is 0 Å². The van der Waals surface area contributed by atoms with Crippen LogP contribution in [0.1, 0.15) is 28.0 Å². The number of anilines is 2. The number of rotatable bonds is 3. The summed E-state index contributed by atoms with van der Waals surface area (Å²) in [5.74, 6) is 0.240. The molecule has 0 aliphatic rings. The molecular weight excluding hydrogens is 252 g/mol. The molecule has 2 aromatic heterocycles. The third-order valence-corrected chi connectivity index (χ3v) is 3.36. The first-order valence-corrected chi connectivity index (χ1v) is 6.23. The monoisotopic (exact) mass is 266 g/mol. The molecule has 0 fully saturated rings. The molecule has 0 saturated carbocycles. The Kier molecular flexibility index (Phi) is 3.28. The van der Waals surface area contributed by atoms with Crippen molar-refractivity contribution in [2.24, 2.45) is 7.05 Å². The molecule has 0 atom stereocenters. The second-order valence-corrected chi connectivity index (χ2v) is 4.58. The van der Waals surface area contributed by atoms with E-state index in [0.29, 0.717) is 34.2 Å². The van der Waals surface area contributed by atoms with Crippen molar-refractivity contribution in [2.45, 2.75) is 20.3 Å². The highest BCUT2D eigenvalue weighted by Crippen LogP contribution is 2.22. The van der Waals surface area contributed by atoms with E-state index in [1.807, 2.05) is 6.92 Å². The quantitative estimate of drug-likeness (QED) is 0.862. The summed E-state index contributed by atoms with van der Waals surface area (Å²) in [5, 5.41) is 10.8. The Bertz CT molecular complexity index is 587. The van der Waals surface area contributed by atoms with Crippen molar-refractivity contribution in [3.63, 3.8) is 0 Å². The fourth-order valence-electron chi connectivity index (χ4n) is 1.60. The zero-order valence-corrected chi connectivity index (χ0v) is 11.2. The summed E-state index contributed by atoms with van der Waals surface area (Å²) in [6.45, 7) is 3.72. The first-order chi connectivity index (χ1) is 8.54. The zero-order valence-electron chi connectivity index (χ0n) is 10.4. The van der Waals surface area contributed by atoms with Crippen LogP contribution in [-0.4, -0.2) is 25.3 Å². The normalized spacial score (nSPS) is 10.6. The van der Waals surface area contributed by atoms with Crippen LogP contribution in [0.15, 0.2) is 0 Å².